The van der Waals surface area contributed by atoms with E-state index in [1.165, 1.54) is 0 Å². The van der Waals surface area contributed by atoms with Crippen molar-refractivity contribution in [2.45, 2.75) is 32.2 Å². The smallest absolute Gasteiger partial charge is 0.393 e. The quantitative estimate of drug-likeness (QED) is 0.837. The van der Waals surface area contributed by atoms with E-state index < -0.39 is 23.7 Å². The Labute approximate surface area is 109 Å². The summed E-state index contributed by atoms with van der Waals surface area (Å²) in [6.07, 6.45) is -4.48. The first-order chi connectivity index (χ1) is 8.70. The highest BCUT2D eigenvalue weighted by Gasteiger charge is 2.31. The summed E-state index contributed by atoms with van der Waals surface area (Å²) in [6.45, 7) is 2.18. The number of aliphatic hydroxyl groups excluding tert-OH is 1. The van der Waals surface area contributed by atoms with Gasteiger partial charge in [-0.15, -0.1) is 0 Å². The maximum atomic E-state index is 13.5. The Morgan fingerprint density at radius 1 is 1.32 bits per heavy atom. The van der Waals surface area contributed by atoms with Gasteiger partial charge in [0.2, 0.25) is 0 Å². The fourth-order valence-corrected chi connectivity index (χ4v) is 1.65. The molecule has 0 aliphatic heterocycles. The molecule has 0 radical (unpaired) electrons. The van der Waals surface area contributed by atoms with E-state index in [9.17, 15) is 17.6 Å². The maximum Gasteiger partial charge on any atom is 0.416 e. The Morgan fingerprint density at radius 2 is 1.95 bits per heavy atom. The van der Waals surface area contributed by atoms with Gasteiger partial charge in [-0.05, 0) is 38.6 Å². The number of aliphatic hydroxyl groups is 1. The third-order valence-electron chi connectivity index (χ3n) is 2.74. The van der Waals surface area contributed by atoms with Gasteiger partial charge in [-0.1, -0.05) is 0 Å². The number of alkyl halides is 3. The molecule has 19 heavy (non-hydrogen) atoms. The van der Waals surface area contributed by atoms with Gasteiger partial charge in [-0.25, -0.2) is 4.39 Å². The van der Waals surface area contributed by atoms with Gasteiger partial charge in [0.25, 0.3) is 0 Å². The third kappa shape index (κ3) is 5.16. The largest absolute Gasteiger partial charge is 0.416 e. The van der Waals surface area contributed by atoms with Crippen LogP contribution in [0.2, 0.25) is 0 Å². The number of halogens is 4. The van der Waals surface area contributed by atoms with Gasteiger partial charge >= 0.3 is 6.18 Å². The van der Waals surface area contributed by atoms with Crippen molar-refractivity contribution >= 4 is 0 Å². The van der Waals surface area contributed by atoms with Gasteiger partial charge in [-0.2, -0.15) is 13.2 Å². The highest BCUT2D eigenvalue weighted by Crippen LogP contribution is 2.30. The number of rotatable bonds is 5. The molecule has 6 heteroatoms. The van der Waals surface area contributed by atoms with E-state index in [0.717, 1.165) is 18.2 Å². The van der Waals surface area contributed by atoms with Crippen molar-refractivity contribution in [1.29, 1.82) is 0 Å². The number of hydrogen-bond donors (Lipinski definition) is 1. The van der Waals surface area contributed by atoms with Crippen LogP contribution in [0.15, 0.2) is 18.2 Å². The minimum absolute atomic E-state index is 0.00270. The maximum absolute atomic E-state index is 13.5. The number of benzene rings is 1. The molecular formula is C13H17F4NO. The molecule has 1 unspecified atom stereocenters. The van der Waals surface area contributed by atoms with Crippen LogP contribution in [-0.2, 0) is 12.7 Å². The van der Waals surface area contributed by atoms with Crippen LogP contribution in [0.1, 0.15) is 24.5 Å². The summed E-state index contributed by atoms with van der Waals surface area (Å²) >= 11 is 0. The first-order valence-corrected chi connectivity index (χ1v) is 5.92. The summed E-state index contributed by atoms with van der Waals surface area (Å²) in [5, 5.41) is 9.12. The van der Waals surface area contributed by atoms with Crippen molar-refractivity contribution in [2.24, 2.45) is 0 Å². The monoisotopic (exact) mass is 279 g/mol. The van der Waals surface area contributed by atoms with Crippen molar-refractivity contribution in [1.82, 2.24) is 4.90 Å². The molecule has 0 aliphatic carbocycles. The lowest BCUT2D eigenvalue weighted by molar-refractivity contribution is -0.137. The summed E-state index contributed by atoms with van der Waals surface area (Å²) in [4.78, 5) is 1.67. The van der Waals surface area contributed by atoms with Gasteiger partial charge in [0, 0.05) is 18.7 Å². The highest BCUT2D eigenvalue weighted by molar-refractivity contribution is 5.27. The van der Waals surface area contributed by atoms with Crippen molar-refractivity contribution < 1.29 is 22.7 Å². The summed E-state index contributed by atoms with van der Waals surface area (Å²) in [6, 6.07) is 2.39. The Balaban J connectivity index is 2.77. The molecule has 1 atom stereocenters. The minimum Gasteiger partial charge on any atom is -0.393 e. The SMILES string of the molecule is CC(O)CCN(C)Cc1cc(C(F)(F)F)ccc1F. The molecule has 108 valence electrons. The second-order valence-electron chi connectivity index (χ2n) is 4.68. The predicted molar refractivity (Wildman–Crippen MR) is 64.0 cm³/mol. The first-order valence-electron chi connectivity index (χ1n) is 5.92. The average Bonchev–Trinajstić information content (AvgIpc) is 2.28. The second kappa shape index (κ2) is 6.34. The Bertz CT molecular complexity index is 418. The minimum atomic E-state index is -4.47. The fraction of sp³-hybridized carbons (Fsp3) is 0.538. The molecule has 0 fully saturated rings. The average molecular weight is 279 g/mol. The second-order valence-corrected chi connectivity index (χ2v) is 4.68. The Hall–Kier alpha value is -1.14. The van der Waals surface area contributed by atoms with Crippen LogP contribution in [0.25, 0.3) is 0 Å². The summed E-state index contributed by atoms with van der Waals surface area (Å²) in [7, 11) is 1.67. The van der Waals surface area contributed by atoms with E-state index in [0.29, 0.717) is 13.0 Å². The van der Waals surface area contributed by atoms with Crippen LogP contribution in [0.5, 0.6) is 0 Å². The van der Waals surface area contributed by atoms with Crippen molar-refractivity contribution in [3.8, 4) is 0 Å². The topological polar surface area (TPSA) is 23.5 Å². The molecule has 1 N–H and O–H groups in total. The van der Waals surface area contributed by atoms with Crippen molar-refractivity contribution in [2.75, 3.05) is 13.6 Å². The molecule has 0 aliphatic rings. The van der Waals surface area contributed by atoms with E-state index in [1.807, 2.05) is 0 Å². The highest BCUT2D eigenvalue weighted by atomic mass is 19.4. The molecule has 0 aromatic heterocycles. The molecule has 2 nitrogen and oxygen atoms in total. The molecule has 1 rings (SSSR count). The molecular weight excluding hydrogens is 262 g/mol. The molecule has 0 spiro atoms. The third-order valence-corrected chi connectivity index (χ3v) is 2.74. The van der Waals surface area contributed by atoms with Crippen molar-refractivity contribution in [3.63, 3.8) is 0 Å². The standard InChI is InChI=1S/C13H17F4NO/c1-9(19)5-6-18(2)8-10-7-11(13(15,16)17)3-4-12(10)14/h3-4,7,9,19H,5-6,8H2,1-2H3. The molecule has 1 aromatic rings. The zero-order chi connectivity index (χ0) is 14.6. The van der Waals surface area contributed by atoms with Crippen LogP contribution in [-0.4, -0.2) is 29.7 Å². The van der Waals surface area contributed by atoms with E-state index >= 15 is 0 Å². The van der Waals surface area contributed by atoms with E-state index in [1.54, 1.807) is 18.9 Å². The van der Waals surface area contributed by atoms with Gasteiger partial charge in [0.1, 0.15) is 5.82 Å². The van der Waals surface area contributed by atoms with Crippen LogP contribution in [0.3, 0.4) is 0 Å². The normalized spacial score (nSPS) is 13.9. The lowest BCUT2D eigenvalue weighted by Crippen LogP contribution is -2.23. The van der Waals surface area contributed by atoms with Crippen LogP contribution < -0.4 is 0 Å². The van der Waals surface area contributed by atoms with E-state index in [2.05, 4.69) is 0 Å². The summed E-state index contributed by atoms with van der Waals surface area (Å²) in [5.74, 6) is -0.656. The Morgan fingerprint density at radius 3 is 2.47 bits per heavy atom. The zero-order valence-corrected chi connectivity index (χ0v) is 10.8. The van der Waals surface area contributed by atoms with Gasteiger partial charge in [0.15, 0.2) is 0 Å². The number of nitrogens with zero attached hydrogens (tertiary/aromatic N) is 1. The molecule has 0 bridgehead atoms. The van der Waals surface area contributed by atoms with Crippen LogP contribution in [0.4, 0.5) is 17.6 Å². The number of hydrogen-bond acceptors (Lipinski definition) is 2. The van der Waals surface area contributed by atoms with Gasteiger partial charge in [-0.3, -0.25) is 0 Å². The molecule has 0 amide bonds. The van der Waals surface area contributed by atoms with Crippen LogP contribution in [0, 0.1) is 5.82 Å². The molecule has 0 saturated heterocycles. The Kier molecular flexibility index (Phi) is 5.31. The molecule has 0 heterocycles. The summed E-state index contributed by atoms with van der Waals surface area (Å²) in [5.41, 5.74) is -0.851. The van der Waals surface area contributed by atoms with E-state index in [-0.39, 0.29) is 12.1 Å². The predicted octanol–water partition coefficient (Wildman–Crippen LogP) is 3.05. The fourth-order valence-electron chi connectivity index (χ4n) is 1.65. The lowest BCUT2D eigenvalue weighted by Gasteiger charge is -2.18. The first kappa shape index (κ1) is 15.9. The molecule has 0 saturated carbocycles. The van der Waals surface area contributed by atoms with Crippen molar-refractivity contribution in [3.05, 3.63) is 35.1 Å². The van der Waals surface area contributed by atoms with Gasteiger partial charge in [0.05, 0.1) is 11.7 Å². The lowest BCUT2D eigenvalue weighted by atomic mass is 10.1. The summed E-state index contributed by atoms with van der Waals surface area (Å²) < 4.78 is 51.0. The molecule has 1 aromatic carbocycles. The van der Waals surface area contributed by atoms with Crippen LogP contribution >= 0.6 is 0 Å². The van der Waals surface area contributed by atoms with Gasteiger partial charge < -0.3 is 10.0 Å². The zero-order valence-electron chi connectivity index (χ0n) is 10.8. The van der Waals surface area contributed by atoms with E-state index in [4.69, 9.17) is 5.11 Å².